The predicted molar refractivity (Wildman–Crippen MR) is 90.0 cm³/mol. The molecular formula is C17H12F2N2O4S. The maximum absolute atomic E-state index is 13.3. The molecule has 134 valence electrons. The number of rotatable bonds is 3. The smallest absolute Gasteiger partial charge is 0.314 e. The topological polar surface area (TPSA) is 89.3 Å². The highest BCUT2D eigenvalue weighted by atomic mass is 32.2. The van der Waals surface area contributed by atoms with Crippen molar-refractivity contribution in [1.29, 1.82) is 0 Å². The minimum atomic E-state index is -3.38. The van der Waals surface area contributed by atoms with Crippen molar-refractivity contribution in [3.63, 3.8) is 0 Å². The zero-order valence-electron chi connectivity index (χ0n) is 13.3. The molecule has 3 aromatic rings. The van der Waals surface area contributed by atoms with Crippen LogP contribution in [0.1, 0.15) is 0 Å². The van der Waals surface area contributed by atoms with Gasteiger partial charge in [-0.3, -0.25) is 4.79 Å². The van der Waals surface area contributed by atoms with Crippen molar-refractivity contribution in [2.24, 2.45) is 0 Å². The molecule has 0 spiro atoms. The van der Waals surface area contributed by atoms with E-state index in [2.05, 4.69) is 5.10 Å². The molecule has 3 rings (SSSR count). The summed E-state index contributed by atoms with van der Waals surface area (Å²) < 4.78 is 50.1. The van der Waals surface area contributed by atoms with Crippen LogP contribution in [0.4, 0.5) is 8.78 Å². The average Bonchev–Trinajstić information content (AvgIpc) is 2.59. The molecule has 0 aliphatic rings. The van der Waals surface area contributed by atoms with Gasteiger partial charge < -0.3 is 5.11 Å². The van der Waals surface area contributed by atoms with E-state index < -0.39 is 32.8 Å². The quantitative estimate of drug-likeness (QED) is 0.755. The minimum Gasteiger partial charge on any atom is -0.503 e. The van der Waals surface area contributed by atoms with Gasteiger partial charge in [-0.05, 0) is 29.8 Å². The van der Waals surface area contributed by atoms with E-state index in [1.165, 1.54) is 30.5 Å². The van der Waals surface area contributed by atoms with Crippen LogP contribution < -0.4 is 5.56 Å². The lowest BCUT2D eigenvalue weighted by Gasteiger charge is -2.09. The number of nitrogens with zero attached hydrogens (tertiary/aromatic N) is 2. The second-order valence-electron chi connectivity index (χ2n) is 5.52. The molecular weight excluding hydrogens is 366 g/mol. The van der Waals surface area contributed by atoms with Crippen LogP contribution in [-0.4, -0.2) is 29.6 Å². The first kappa shape index (κ1) is 17.7. The number of sulfone groups is 1. The molecule has 0 bridgehead atoms. The molecule has 0 aliphatic carbocycles. The van der Waals surface area contributed by atoms with Crippen LogP contribution in [0.2, 0.25) is 0 Å². The minimum absolute atomic E-state index is 0.0526. The van der Waals surface area contributed by atoms with Gasteiger partial charge in [0.1, 0.15) is 0 Å². The highest BCUT2D eigenvalue weighted by Crippen LogP contribution is 2.26. The maximum Gasteiger partial charge on any atom is 0.314 e. The van der Waals surface area contributed by atoms with Gasteiger partial charge in [0.05, 0.1) is 16.8 Å². The fourth-order valence-electron chi connectivity index (χ4n) is 2.34. The zero-order chi connectivity index (χ0) is 19.1. The molecule has 0 amide bonds. The van der Waals surface area contributed by atoms with Gasteiger partial charge in [-0.2, -0.15) is 9.78 Å². The van der Waals surface area contributed by atoms with Gasteiger partial charge in [-0.15, -0.1) is 0 Å². The summed E-state index contributed by atoms with van der Waals surface area (Å²) in [6.45, 7) is 0. The Kier molecular flexibility index (Phi) is 4.33. The average molecular weight is 378 g/mol. The van der Waals surface area contributed by atoms with Gasteiger partial charge in [-0.25, -0.2) is 17.2 Å². The summed E-state index contributed by atoms with van der Waals surface area (Å²) in [5.41, 5.74) is -0.533. The number of aromatic nitrogens is 2. The van der Waals surface area contributed by atoms with Gasteiger partial charge in [-0.1, -0.05) is 12.1 Å². The molecule has 2 aromatic carbocycles. The van der Waals surface area contributed by atoms with Crippen LogP contribution in [0, 0.1) is 11.6 Å². The summed E-state index contributed by atoms with van der Waals surface area (Å²) in [6.07, 6.45) is 2.23. The van der Waals surface area contributed by atoms with E-state index in [-0.39, 0.29) is 16.1 Å². The van der Waals surface area contributed by atoms with E-state index in [9.17, 15) is 27.1 Å². The van der Waals surface area contributed by atoms with Crippen molar-refractivity contribution in [3.8, 4) is 22.6 Å². The summed E-state index contributed by atoms with van der Waals surface area (Å²) >= 11 is 0. The van der Waals surface area contributed by atoms with Crippen molar-refractivity contribution in [2.45, 2.75) is 4.90 Å². The highest BCUT2D eigenvalue weighted by Gasteiger charge is 2.15. The van der Waals surface area contributed by atoms with Gasteiger partial charge in [0.25, 0.3) is 0 Å². The third kappa shape index (κ3) is 3.21. The molecule has 0 radical (unpaired) electrons. The number of hydrogen-bond donors (Lipinski definition) is 1. The first-order valence-corrected chi connectivity index (χ1v) is 9.15. The Morgan fingerprint density at radius 1 is 1.04 bits per heavy atom. The van der Waals surface area contributed by atoms with Crippen molar-refractivity contribution < 1.29 is 22.3 Å². The Morgan fingerprint density at radius 2 is 1.69 bits per heavy atom. The van der Waals surface area contributed by atoms with Crippen molar-refractivity contribution in [1.82, 2.24) is 9.78 Å². The third-order valence-electron chi connectivity index (χ3n) is 3.69. The molecule has 1 N–H and O–H groups in total. The van der Waals surface area contributed by atoms with Crippen LogP contribution in [0.5, 0.6) is 5.75 Å². The Morgan fingerprint density at radius 3 is 2.27 bits per heavy atom. The van der Waals surface area contributed by atoms with Gasteiger partial charge >= 0.3 is 5.56 Å². The Balaban J connectivity index is 2.08. The van der Waals surface area contributed by atoms with Crippen LogP contribution in [0.3, 0.4) is 0 Å². The lowest BCUT2D eigenvalue weighted by atomic mass is 10.1. The van der Waals surface area contributed by atoms with E-state index in [1.54, 1.807) is 0 Å². The predicted octanol–water partition coefficient (Wildman–Crippen LogP) is 2.29. The van der Waals surface area contributed by atoms with Crippen molar-refractivity contribution >= 4 is 9.84 Å². The molecule has 1 heterocycles. The molecule has 0 unspecified atom stereocenters. The molecule has 0 saturated heterocycles. The summed E-state index contributed by atoms with van der Waals surface area (Å²) in [5, 5.41) is 14.1. The highest BCUT2D eigenvalue weighted by molar-refractivity contribution is 7.90. The number of hydrogen-bond acceptors (Lipinski definition) is 5. The molecule has 1 aromatic heterocycles. The fraction of sp³-hybridized carbons (Fsp3) is 0.0588. The molecule has 0 aliphatic heterocycles. The number of halogens is 2. The molecule has 6 nitrogen and oxygen atoms in total. The summed E-state index contributed by atoms with van der Waals surface area (Å²) in [5.74, 6) is -2.89. The van der Waals surface area contributed by atoms with Crippen LogP contribution >= 0.6 is 0 Å². The zero-order valence-corrected chi connectivity index (χ0v) is 14.2. The third-order valence-corrected chi connectivity index (χ3v) is 4.82. The normalized spacial score (nSPS) is 11.5. The van der Waals surface area contributed by atoms with E-state index in [4.69, 9.17) is 0 Å². The van der Waals surface area contributed by atoms with Crippen molar-refractivity contribution in [2.75, 3.05) is 6.26 Å². The molecule has 0 fully saturated rings. The van der Waals surface area contributed by atoms with Crippen LogP contribution in [0.15, 0.2) is 58.4 Å². The number of benzene rings is 2. The van der Waals surface area contributed by atoms with E-state index in [0.29, 0.717) is 5.56 Å². The molecule has 26 heavy (non-hydrogen) atoms. The maximum atomic E-state index is 13.3. The molecule has 0 atom stereocenters. The first-order chi connectivity index (χ1) is 12.2. The number of aromatic hydroxyl groups is 1. The summed E-state index contributed by atoms with van der Waals surface area (Å²) in [7, 11) is -3.38. The Bertz CT molecular complexity index is 1160. The summed E-state index contributed by atoms with van der Waals surface area (Å²) in [4.78, 5) is 12.4. The lowest BCUT2D eigenvalue weighted by Crippen LogP contribution is -2.21. The molecule has 9 heteroatoms. The first-order valence-electron chi connectivity index (χ1n) is 7.25. The standard InChI is InChI=1S/C17H12F2N2O4S/c1-26(24,25)12-5-2-10(3-6-12)13-9-20-21(17(23)16(13)22)11-4-7-14(18)15(19)8-11/h2-9,22H,1H3. The Hall–Kier alpha value is -3.07. The van der Waals surface area contributed by atoms with Gasteiger partial charge in [0, 0.05) is 17.9 Å². The lowest BCUT2D eigenvalue weighted by molar-refractivity contribution is 0.461. The Labute approximate surface area is 146 Å². The van der Waals surface area contributed by atoms with E-state index in [0.717, 1.165) is 29.1 Å². The van der Waals surface area contributed by atoms with Gasteiger partial charge in [0.2, 0.25) is 0 Å². The van der Waals surface area contributed by atoms with Gasteiger partial charge in [0.15, 0.2) is 27.2 Å². The summed E-state index contributed by atoms with van der Waals surface area (Å²) in [6, 6.07) is 8.29. The van der Waals surface area contributed by atoms with E-state index in [1.807, 2.05) is 0 Å². The van der Waals surface area contributed by atoms with Crippen molar-refractivity contribution in [3.05, 3.63) is 70.6 Å². The van der Waals surface area contributed by atoms with E-state index >= 15 is 0 Å². The molecule has 0 saturated carbocycles. The van der Waals surface area contributed by atoms with Crippen LogP contribution in [-0.2, 0) is 9.84 Å². The van der Waals surface area contributed by atoms with Crippen LogP contribution in [0.25, 0.3) is 16.8 Å². The SMILES string of the molecule is CS(=O)(=O)c1ccc(-c2cnn(-c3ccc(F)c(F)c3)c(=O)c2O)cc1. The second-order valence-corrected chi connectivity index (χ2v) is 7.53. The monoisotopic (exact) mass is 378 g/mol. The fourth-order valence-corrected chi connectivity index (χ4v) is 2.97. The largest absolute Gasteiger partial charge is 0.503 e. The second kappa shape index (κ2) is 6.34.